The molecule has 2 heterocycles. The van der Waals surface area contributed by atoms with E-state index in [9.17, 15) is 8.78 Å². The average Bonchev–Trinajstić information content (AvgIpc) is 2.46. The van der Waals surface area contributed by atoms with E-state index in [1.54, 1.807) is 0 Å². The maximum Gasteiger partial charge on any atom is 0.275 e. The summed E-state index contributed by atoms with van der Waals surface area (Å²) in [6.45, 7) is 10.4. The zero-order valence-corrected chi connectivity index (χ0v) is 14.5. The summed E-state index contributed by atoms with van der Waals surface area (Å²) in [7, 11) is 0. The first-order chi connectivity index (χ1) is 10.3. The molecule has 2 saturated heterocycles. The van der Waals surface area contributed by atoms with Gasteiger partial charge in [-0.25, -0.2) is 8.78 Å². The summed E-state index contributed by atoms with van der Waals surface area (Å²) in [5, 5.41) is 0. The highest BCUT2D eigenvalue weighted by Crippen LogP contribution is 2.34. The van der Waals surface area contributed by atoms with Gasteiger partial charge in [-0.1, -0.05) is 6.92 Å². The Hall–Kier alpha value is -0.260. The maximum atomic E-state index is 14.6. The van der Waals surface area contributed by atoms with Crippen molar-refractivity contribution >= 4 is 0 Å². The standard InChI is InChI=1S/C17H32F2N2O/c1-5-14(4)21-11-8-16(17(18,19)12-21)20-9-6-15(7-10-20)22-13(2)3/h13-16H,5-12H2,1-4H3. The van der Waals surface area contributed by atoms with Gasteiger partial charge < -0.3 is 4.74 Å². The maximum absolute atomic E-state index is 14.6. The lowest BCUT2D eigenvalue weighted by molar-refractivity contribution is -0.144. The fourth-order valence-electron chi connectivity index (χ4n) is 3.75. The van der Waals surface area contributed by atoms with Crippen LogP contribution in [0.15, 0.2) is 0 Å². The Balaban J connectivity index is 1.88. The Labute approximate surface area is 134 Å². The molecule has 3 nitrogen and oxygen atoms in total. The van der Waals surface area contributed by atoms with Gasteiger partial charge in [0.15, 0.2) is 0 Å². The molecule has 0 aliphatic carbocycles. The lowest BCUT2D eigenvalue weighted by Gasteiger charge is -2.47. The highest BCUT2D eigenvalue weighted by molar-refractivity contribution is 4.95. The van der Waals surface area contributed by atoms with Crippen LogP contribution >= 0.6 is 0 Å². The van der Waals surface area contributed by atoms with Crippen molar-refractivity contribution in [1.82, 2.24) is 9.80 Å². The molecule has 0 radical (unpaired) electrons. The summed E-state index contributed by atoms with van der Waals surface area (Å²) >= 11 is 0. The van der Waals surface area contributed by atoms with Gasteiger partial charge in [0.1, 0.15) is 0 Å². The quantitative estimate of drug-likeness (QED) is 0.773. The van der Waals surface area contributed by atoms with Crippen LogP contribution in [0.2, 0.25) is 0 Å². The summed E-state index contributed by atoms with van der Waals surface area (Å²) in [5.74, 6) is -2.60. The van der Waals surface area contributed by atoms with Crippen molar-refractivity contribution in [2.75, 3.05) is 26.2 Å². The van der Waals surface area contributed by atoms with Crippen LogP contribution in [-0.4, -0.2) is 66.2 Å². The molecule has 130 valence electrons. The van der Waals surface area contributed by atoms with Crippen LogP contribution in [0.3, 0.4) is 0 Å². The smallest absolute Gasteiger partial charge is 0.275 e. The molecule has 0 amide bonds. The second kappa shape index (κ2) is 7.54. The summed E-state index contributed by atoms with van der Waals surface area (Å²) in [6.07, 6.45) is 3.72. The van der Waals surface area contributed by atoms with E-state index in [4.69, 9.17) is 4.74 Å². The van der Waals surface area contributed by atoms with Crippen molar-refractivity contribution < 1.29 is 13.5 Å². The SMILES string of the molecule is CCC(C)N1CCC(N2CCC(OC(C)C)CC2)C(F)(F)C1. The molecule has 0 N–H and O–H groups in total. The molecule has 0 spiro atoms. The zero-order chi connectivity index (χ0) is 16.3. The second-order valence-electron chi connectivity index (χ2n) is 7.21. The van der Waals surface area contributed by atoms with Gasteiger partial charge in [-0.15, -0.1) is 0 Å². The Morgan fingerprint density at radius 2 is 1.73 bits per heavy atom. The highest BCUT2D eigenvalue weighted by atomic mass is 19.3. The van der Waals surface area contributed by atoms with Crippen molar-refractivity contribution in [1.29, 1.82) is 0 Å². The van der Waals surface area contributed by atoms with Crippen LogP contribution < -0.4 is 0 Å². The molecule has 2 aliphatic rings. The van der Waals surface area contributed by atoms with Crippen molar-refractivity contribution in [3.05, 3.63) is 0 Å². The molecule has 2 rings (SSSR count). The molecule has 0 aromatic carbocycles. The second-order valence-corrected chi connectivity index (χ2v) is 7.21. The van der Waals surface area contributed by atoms with Gasteiger partial charge in [0.2, 0.25) is 0 Å². The Kier molecular flexibility index (Phi) is 6.20. The minimum Gasteiger partial charge on any atom is -0.375 e. The summed E-state index contributed by atoms with van der Waals surface area (Å²) in [4.78, 5) is 3.96. The molecular weight excluding hydrogens is 286 g/mol. The minimum atomic E-state index is -2.60. The summed E-state index contributed by atoms with van der Waals surface area (Å²) in [5.41, 5.74) is 0. The molecule has 22 heavy (non-hydrogen) atoms. The first-order valence-electron chi connectivity index (χ1n) is 8.85. The normalized spacial score (nSPS) is 29.9. The minimum absolute atomic E-state index is 0.0882. The van der Waals surface area contributed by atoms with E-state index >= 15 is 0 Å². The Morgan fingerprint density at radius 3 is 2.23 bits per heavy atom. The molecular formula is C17H32F2N2O. The molecule has 5 heteroatoms. The molecule has 2 unspecified atom stereocenters. The van der Waals surface area contributed by atoms with Gasteiger partial charge in [0.05, 0.1) is 24.8 Å². The predicted octanol–water partition coefficient (Wildman–Crippen LogP) is 3.38. The van der Waals surface area contributed by atoms with E-state index in [1.807, 2.05) is 30.6 Å². The van der Waals surface area contributed by atoms with Crippen LogP contribution in [-0.2, 0) is 4.74 Å². The number of ether oxygens (including phenoxy) is 1. The topological polar surface area (TPSA) is 15.7 Å². The predicted molar refractivity (Wildman–Crippen MR) is 85.5 cm³/mol. The molecule has 2 aliphatic heterocycles. The highest BCUT2D eigenvalue weighted by Gasteiger charge is 2.48. The number of halogens is 2. The molecule has 2 atom stereocenters. The average molecular weight is 318 g/mol. The van der Waals surface area contributed by atoms with Crippen molar-refractivity contribution in [3.8, 4) is 0 Å². The summed E-state index contributed by atoms with van der Waals surface area (Å²) < 4.78 is 35.0. The summed E-state index contributed by atoms with van der Waals surface area (Å²) in [6, 6.07) is -0.343. The number of piperidine rings is 2. The van der Waals surface area contributed by atoms with Gasteiger partial charge in [0, 0.05) is 25.7 Å². The lowest BCUT2D eigenvalue weighted by atomic mass is 9.94. The van der Waals surface area contributed by atoms with E-state index in [0.29, 0.717) is 6.42 Å². The van der Waals surface area contributed by atoms with E-state index < -0.39 is 12.0 Å². The van der Waals surface area contributed by atoms with Crippen LogP contribution in [0, 0.1) is 0 Å². The number of hydrogen-bond acceptors (Lipinski definition) is 3. The first kappa shape index (κ1) is 18.1. The van der Waals surface area contributed by atoms with Crippen LogP contribution in [0.1, 0.15) is 53.4 Å². The molecule has 0 saturated carbocycles. The van der Waals surface area contributed by atoms with Crippen LogP contribution in [0.5, 0.6) is 0 Å². The fraction of sp³-hybridized carbons (Fsp3) is 1.00. The third-order valence-corrected chi connectivity index (χ3v) is 5.19. The van der Waals surface area contributed by atoms with Gasteiger partial charge in [-0.2, -0.15) is 0 Å². The van der Waals surface area contributed by atoms with Crippen molar-refractivity contribution in [2.24, 2.45) is 0 Å². The van der Waals surface area contributed by atoms with Crippen LogP contribution in [0.25, 0.3) is 0 Å². The number of rotatable bonds is 5. The number of hydrogen-bond donors (Lipinski definition) is 0. The van der Waals surface area contributed by atoms with Gasteiger partial charge in [-0.3, -0.25) is 9.80 Å². The molecule has 0 bridgehead atoms. The Morgan fingerprint density at radius 1 is 1.09 bits per heavy atom. The van der Waals surface area contributed by atoms with Crippen LogP contribution in [0.4, 0.5) is 8.78 Å². The van der Waals surface area contributed by atoms with E-state index in [-0.39, 0.29) is 24.8 Å². The largest absolute Gasteiger partial charge is 0.375 e. The van der Waals surface area contributed by atoms with E-state index in [2.05, 4.69) is 6.92 Å². The third-order valence-electron chi connectivity index (χ3n) is 5.19. The first-order valence-corrected chi connectivity index (χ1v) is 8.85. The molecule has 2 fully saturated rings. The van der Waals surface area contributed by atoms with E-state index in [1.165, 1.54) is 0 Å². The monoisotopic (exact) mass is 318 g/mol. The Bertz CT molecular complexity index is 344. The number of nitrogens with zero attached hydrogens (tertiary/aromatic N) is 2. The lowest BCUT2D eigenvalue weighted by Crippen LogP contribution is -2.61. The third kappa shape index (κ3) is 4.39. The number of likely N-dealkylation sites (tertiary alicyclic amines) is 2. The van der Waals surface area contributed by atoms with Gasteiger partial charge >= 0.3 is 0 Å². The zero-order valence-electron chi connectivity index (χ0n) is 14.5. The number of alkyl halides is 2. The van der Waals surface area contributed by atoms with Gasteiger partial charge in [0.25, 0.3) is 5.92 Å². The molecule has 0 aromatic heterocycles. The van der Waals surface area contributed by atoms with Gasteiger partial charge in [-0.05, 0) is 46.5 Å². The van der Waals surface area contributed by atoms with Crippen molar-refractivity contribution in [2.45, 2.75) is 83.6 Å². The van der Waals surface area contributed by atoms with E-state index in [0.717, 1.165) is 38.9 Å². The fourth-order valence-corrected chi connectivity index (χ4v) is 3.75. The van der Waals surface area contributed by atoms with Crippen molar-refractivity contribution in [3.63, 3.8) is 0 Å². The molecule has 0 aromatic rings.